The molecule has 0 saturated carbocycles. The molecule has 8 nitrogen and oxygen atoms in total. The quantitative estimate of drug-likeness (QED) is 0.470. The van der Waals surface area contributed by atoms with Gasteiger partial charge in [-0.3, -0.25) is 9.48 Å². The van der Waals surface area contributed by atoms with E-state index in [-0.39, 0.29) is 36.3 Å². The molecule has 170 valence electrons. The van der Waals surface area contributed by atoms with Crippen molar-refractivity contribution in [2.75, 3.05) is 11.9 Å². The second kappa shape index (κ2) is 9.91. The summed E-state index contributed by atoms with van der Waals surface area (Å²) in [6, 6.07) is 7.02. The maximum absolute atomic E-state index is 12.7. The lowest BCUT2D eigenvalue weighted by atomic mass is 10.0. The summed E-state index contributed by atoms with van der Waals surface area (Å²) >= 11 is 6.25. The number of benzene rings is 1. The van der Waals surface area contributed by atoms with Gasteiger partial charge >= 0.3 is 5.97 Å². The molecule has 0 saturated heterocycles. The number of halogens is 1. The first-order chi connectivity index (χ1) is 15.2. The van der Waals surface area contributed by atoms with E-state index in [1.54, 1.807) is 26.1 Å². The van der Waals surface area contributed by atoms with Crippen LogP contribution in [0.25, 0.3) is 0 Å². The van der Waals surface area contributed by atoms with Crippen molar-refractivity contribution in [3.63, 3.8) is 0 Å². The summed E-state index contributed by atoms with van der Waals surface area (Å²) in [6.07, 6.45) is 1.34. The Balaban J connectivity index is 1.71. The van der Waals surface area contributed by atoms with Crippen molar-refractivity contribution in [1.82, 2.24) is 9.78 Å². The van der Waals surface area contributed by atoms with Gasteiger partial charge in [-0.15, -0.1) is 0 Å². The Hall–Kier alpha value is -3.26. The molecule has 0 radical (unpaired) electrons. The van der Waals surface area contributed by atoms with E-state index in [2.05, 4.69) is 24.3 Å². The van der Waals surface area contributed by atoms with E-state index in [9.17, 15) is 9.59 Å². The van der Waals surface area contributed by atoms with Crippen LogP contribution in [0.5, 0.6) is 5.75 Å². The first-order valence-corrected chi connectivity index (χ1v) is 10.6. The number of aryl methyl sites for hydroxylation is 2. The van der Waals surface area contributed by atoms with E-state index in [0.717, 1.165) is 16.9 Å². The van der Waals surface area contributed by atoms with Crippen LogP contribution in [0.3, 0.4) is 0 Å². The predicted molar refractivity (Wildman–Crippen MR) is 120 cm³/mol. The number of amides is 1. The first kappa shape index (κ1) is 23.4. The van der Waals surface area contributed by atoms with E-state index in [0.29, 0.717) is 10.8 Å². The van der Waals surface area contributed by atoms with Gasteiger partial charge in [-0.1, -0.05) is 25.4 Å². The van der Waals surface area contributed by atoms with Gasteiger partial charge in [0, 0.05) is 12.1 Å². The first-order valence-electron chi connectivity index (χ1n) is 10.2. The zero-order valence-electron chi connectivity index (χ0n) is 18.7. The Morgan fingerprint density at radius 3 is 2.72 bits per heavy atom. The number of carbonyl (C=O) groups is 2. The van der Waals surface area contributed by atoms with Crippen LogP contribution in [0, 0.1) is 6.92 Å². The smallest absolute Gasteiger partial charge is 0.343 e. The monoisotopic (exact) mass is 459 g/mol. The number of nitrogens with zero attached hydrogens (tertiary/aromatic N) is 2. The van der Waals surface area contributed by atoms with E-state index < -0.39 is 11.9 Å². The number of carbonyl (C=O) groups excluding carboxylic acids is 2. The van der Waals surface area contributed by atoms with Crippen LogP contribution in [-0.2, 0) is 18.4 Å². The molecule has 1 aromatic carbocycles. The van der Waals surface area contributed by atoms with Gasteiger partial charge in [-0.25, -0.2) is 4.79 Å². The molecule has 3 aromatic rings. The van der Waals surface area contributed by atoms with Crippen molar-refractivity contribution in [2.45, 2.75) is 40.2 Å². The Kier molecular flexibility index (Phi) is 7.25. The molecule has 0 aliphatic heterocycles. The minimum Gasteiger partial charge on any atom is -0.485 e. The number of furan rings is 1. The number of ether oxygens (including phenoxy) is 2. The van der Waals surface area contributed by atoms with Crippen LogP contribution in [0.15, 0.2) is 34.9 Å². The van der Waals surface area contributed by atoms with Gasteiger partial charge in [0.1, 0.15) is 29.5 Å². The number of hydrogen-bond acceptors (Lipinski definition) is 6. The molecule has 1 N–H and O–H groups in total. The van der Waals surface area contributed by atoms with Crippen molar-refractivity contribution < 1.29 is 23.5 Å². The summed E-state index contributed by atoms with van der Waals surface area (Å²) in [5.74, 6) is 0.649. The predicted octanol–water partition coefficient (Wildman–Crippen LogP) is 5.11. The molecule has 0 fully saturated rings. The Labute approximate surface area is 191 Å². The average Bonchev–Trinajstić information content (AvgIpc) is 3.36. The molecule has 2 aromatic heterocycles. The van der Waals surface area contributed by atoms with Crippen molar-refractivity contribution in [1.29, 1.82) is 0 Å². The third kappa shape index (κ3) is 5.13. The van der Waals surface area contributed by atoms with Crippen LogP contribution < -0.4 is 10.1 Å². The number of hydrogen-bond donors (Lipinski definition) is 1. The number of nitrogens with one attached hydrogen (secondary N) is 1. The minimum absolute atomic E-state index is 0.0796. The highest BCUT2D eigenvalue weighted by atomic mass is 35.5. The van der Waals surface area contributed by atoms with Crippen LogP contribution >= 0.6 is 11.6 Å². The lowest BCUT2D eigenvalue weighted by Crippen LogP contribution is -2.17. The summed E-state index contributed by atoms with van der Waals surface area (Å²) in [6.45, 7) is 8.10. The lowest BCUT2D eigenvalue weighted by Gasteiger charge is -2.15. The van der Waals surface area contributed by atoms with Gasteiger partial charge < -0.3 is 19.2 Å². The van der Waals surface area contributed by atoms with Crippen LogP contribution in [-0.4, -0.2) is 28.3 Å². The van der Waals surface area contributed by atoms with Gasteiger partial charge in [0.15, 0.2) is 5.76 Å². The molecule has 9 heteroatoms. The molecular weight excluding hydrogens is 434 g/mol. The van der Waals surface area contributed by atoms with Crippen molar-refractivity contribution in [3.05, 3.63) is 63.7 Å². The number of esters is 1. The highest BCUT2D eigenvalue weighted by Gasteiger charge is 2.21. The second-order valence-corrected chi connectivity index (χ2v) is 7.96. The summed E-state index contributed by atoms with van der Waals surface area (Å²) in [4.78, 5) is 24.7. The molecule has 1 amide bonds. The summed E-state index contributed by atoms with van der Waals surface area (Å²) in [5, 5.41) is 7.35. The van der Waals surface area contributed by atoms with E-state index >= 15 is 0 Å². The van der Waals surface area contributed by atoms with Gasteiger partial charge in [0.05, 0.1) is 12.8 Å². The average molecular weight is 460 g/mol. The molecular formula is C23H26ClN3O5. The van der Waals surface area contributed by atoms with Gasteiger partial charge in [0.2, 0.25) is 0 Å². The standard InChI is InChI=1S/C23H26ClN3O5/c1-6-30-23(29)17-11-25-27(5)21(17)26-22(28)19-8-7-15(32-19)12-31-20-9-14(4)18(24)10-16(20)13(2)3/h7-11,13H,6,12H2,1-5H3,(H,26,28). The number of anilines is 1. The maximum Gasteiger partial charge on any atom is 0.343 e. The van der Waals surface area contributed by atoms with E-state index in [4.69, 9.17) is 25.5 Å². The summed E-state index contributed by atoms with van der Waals surface area (Å²) < 4.78 is 18.0. The highest BCUT2D eigenvalue weighted by Crippen LogP contribution is 2.32. The van der Waals surface area contributed by atoms with E-state index in [1.807, 2.05) is 19.1 Å². The zero-order chi connectivity index (χ0) is 23.4. The SMILES string of the molecule is CCOC(=O)c1cnn(C)c1NC(=O)c1ccc(COc2cc(C)c(Cl)cc2C(C)C)o1. The van der Waals surface area contributed by atoms with Gasteiger partial charge in [-0.2, -0.15) is 5.10 Å². The molecule has 0 bridgehead atoms. The topological polar surface area (TPSA) is 95.6 Å². The van der Waals surface area contributed by atoms with Gasteiger partial charge in [0.25, 0.3) is 5.91 Å². The van der Waals surface area contributed by atoms with Crippen molar-refractivity contribution in [3.8, 4) is 5.75 Å². The zero-order valence-corrected chi connectivity index (χ0v) is 19.4. The fourth-order valence-electron chi connectivity index (χ4n) is 3.09. The van der Waals surface area contributed by atoms with Crippen LogP contribution in [0.4, 0.5) is 5.82 Å². The van der Waals surface area contributed by atoms with Gasteiger partial charge in [-0.05, 0) is 55.2 Å². The maximum atomic E-state index is 12.7. The molecule has 0 spiro atoms. The fraction of sp³-hybridized carbons (Fsp3) is 0.348. The molecule has 0 aliphatic carbocycles. The Morgan fingerprint density at radius 1 is 1.28 bits per heavy atom. The highest BCUT2D eigenvalue weighted by molar-refractivity contribution is 6.31. The minimum atomic E-state index is -0.566. The third-order valence-corrected chi connectivity index (χ3v) is 5.24. The largest absolute Gasteiger partial charge is 0.485 e. The lowest BCUT2D eigenvalue weighted by molar-refractivity contribution is 0.0527. The molecule has 32 heavy (non-hydrogen) atoms. The number of rotatable bonds is 8. The molecule has 0 atom stereocenters. The van der Waals surface area contributed by atoms with Crippen LogP contribution in [0.1, 0.15) is 64.5 Å². The molecule has 0 aliphatic rings. The Bertz CT molecular complexity index is 1130. The molecule has 2 heterocycles. The summed E-state index contributed by atoms with van der Waals surface area (Å²) in [7, 11) is 1.61. The summed E-state index contributed by atoms with van der Waals surface area (Å²) in [5.41, 5.74) is 2.07. The Morgan fingerprint density at radius 2 is 2.03 bits per heavy atom. The van der Waals surface area contributed by atoms with Crippen molar-refractivity contribution in [2.24, 2.45) is 7.05 Å². The van der Waals surface area contributed by atoms with Crippen LogP contribution in [0.2, 0.25) is 5.02 Å². The van der Waals surface area contributed by atoms with E-state index in [1.165, 1.54) is 10.9 Å². The second-order valence-electron chi connectivity index (χ2n) is 7.55. The third-order valence-electron chi connectivity index (χ3n) is 4.83. The molecule has 3 rings (SSSR count). The fourth-order valence-corrected chi connectivity index (χ4v) is 3.26. The number of aromatic nitrogens is 2. The van der Waals surface area contributed by atoms with Crippen molar-refractivity contribution >= 4 is 29.3 Å². The molecule has 0 unspecified atom stereocenters. The normalized spacial score (nSPS) is 11.0.